The minimum Gasteiger partial charge on any atom is -0.496 e. The quantitative estimate of drug-likeness (QED) is 0.230. The lowest BCUT2D eigenvalue weighted by molar-refractivity contribution is -0.141. The van der Waals surface area contributed by atoms with E-state index in [1.807, 2.05) is 22.9 Å². The van der Waals surface area contributed by atoms with E-state index in [9.17, 15) is 14.4 Å². The van der Waals surface area contributed by atoms with Gasteiger partial charge in [0.05, 0.1) is 32.6 Å². The van der Waals surface area contributed by atoms with Gasteiger partial charge in [-0.1, -0.05) is 77.7 Å². The summed E-state index contributed by atoms with van der Waals surface area (Å²) in [6.07, 6.45) is 11.0. The summed E-state index contributed by atoms with van der Waals surface area (Å²) in [5, 5.41) is 10.4. The molecule has 1 saturated carbocycles. The Morgan fingerprint density at radius 3 is 2.30 bits per heavy atom. The van der Waals surface area contributed by atoms with Crippen LogP contribution in [0.25, 0.3) is 11.3 Å². The average molecular weight is 599 g/mol. The molecule has 2 amide bonds. The highest BCUT2D eigenvalue weighted by Crippen LogP contribution is 2.39. The maximum absolute atomic E-state index is 13.7. The van der Waals surface area contributed by atoms with Gasteiger partial charge in [0.2, 0.25) is 5.91 Å². The van der Waals surface area contributed by atoms with Gasteiger partial charge in [-0.2, -0.15) is 5.10 Å². The predicted molar refractivity (Wildman–Crippen MR) is 166 cm³/mol. The van der Waals surface area contributed by atoms with Gasteiger partial charge in [-0.15, -0.1) is 0 Å². The number of benzene rings is 1. The minimum absolute atomic E-state index is 0.0645. The fraction of sp³-hybridized carbons (Fsp3) is 0.636. The summed E-state index contributed by atoms with van der Waals surface area (Å²) >= 11 is 0. The molecule has 43 heavy (non-hydrogen) atoms. The highest BCUT2D eigenvalue weighted by molar-refractivity contribution is 5.94. The Bertz CT molecular complexity index is 1160. The first kappa shape index (κ1) is 33.9. The number of amides is 2. The van der Waals surface area contributed by atoms with Crippen molar-refractivity contribution < 1.29 is 28.6 Å². The van der Waals surface area contributed by atoms with Crippen LogP contribution in [0.15, 0.2) is 24.3 Å². The van der Waals surface area contributed by atoms with Crippen LogP contribution in [0, 0.1) is 11.8 Å². The molecule has 1 aromatic heterocycles. The fourth-order valence-corrected chi connectivity index (χ4v) is 5.92. The molecule has 1 aliphatic carbocycles. The lowest BCUT2D eigenvalue weighted by Gasteiger charge is -2.23. The zero-order chi connectivity index (χ0) is 31.2. The molecule has 1 fully saturated rings. The Labute approximate surface area is 256 Å². The van der Waals surface area contributed by atoms with Gasteiger partial charge in [0, 0.05) is 19.0 Å². The van der Waals surface area contributed by atoms with E-state index in [4.69, 9.17) is 14.6 Å². The number of nitrogens with zero attached hydrogens (tertiary/aromatic N) is 2. The third-order valence-electron chi connectivity index (χ3n) is 8.60. The molecule has 1 atom stereocenters. The zero-order valence-electron chi connectivity index (χ0n) is 26.6. The molecule has 0 unspecified atom stereocenters. The number of hydrogen-bond donors (Lipinski definition) is 2. The van der Waals surface area contributed by atoms with Gasteiger partial charge in [-0.25, -0.2) is 0 Å². The number of rotatable bonds is 17. The summed E-state index contributed by atoms with van der Waals surface area (Å²) in [7, 11) is 4.49. The lowest BCUT2D eigenvalue weighted by Crippen LogP contribution is -2.40. The minimum atomic E-state index is -0.520. The third kappa shape index (κ3) is 10.0. The summed E-state index contributed by atoms with van der Waals surface area (Å²) in [5.74, 6) is 1.15. The normalized spacial score (nSPS) is 14.3. The summed E-state index contributed by atoms with van der Waals surface area (Å²) in [4.78, 5) is 37.9. The molecule has 1 heterocycles. The summed E-state index contributed by atoms with van der Waals surface area (Å²) < 4.78 is 17.9. The molecule has 3 rings (SSSR count). The Balaban J connectivity index is 1.85. The van der Waals surface area contributed by atoms with Crippen LogP contribution in [0.2, 0.25) is 0 Å². The van der Waals surface area contributed by atoms with Crippen molar-refractivity contribution in [1.82, 2.24) is 20.4 Å². The zero-order valence-corrected chi connectivity index (χ0v) is 26.6. The van der Waals surface area contributed by atoms with Gasteiger partial charge in [0.25, 0.3) is 5.91 Å². The molecular formula is C33H50N4O6. The predicted octanol–water partition coefficient (Wildman–Crippen LogP) is 5.53. The van der Waals surface area contributed by atoms with Gasteiger partial charge in [0.15, 0.2) is 5.69 Å². The third-order valence-corrected chi connectivity index (χ3v) is 8.60. The largest absolute Gasteiger partial charge is 0.496 e. The van der Waals surface area contributed by atoms with Crippen molar-refractivity contribution >= 4 is 17.8 Å². The van der Waals surface area contributed by atoms with Gasteiger partial charge in [-0.05, 0) is 36.5 Å². The smallest absolute Gasteiger partial charge is 0.325 e. The van der Waals surface area contributed by atoms with Crippen LogP contribution in [0.1, 0.15) is 95.0 Å². The van der Waals surface area contributed by atoms with Crippen LogP contribution in [-0.4, -0.2) is 61.5 Å². The van der Waals surface area contributed by atoms with E-state index in [0.717, 1.165) is 36.9 Å². The molecule has 0 bridgehead atoms. The number of hydrogen-bond acceptors (Lipinski definition) is 7. The number of ether oxygens (including phenoxy) is 3. The van der Waals surface area contributed by atoms with Crippen molar-refractivity contribution in [2.45, 2.75) is 97.1 Å². The molecule has 2 N–H and O–H groups in total. The number of carbonyl (C=O) groups excluding carboxylic acids is 3. The van der Waals surface area contributed by atoms with Gasteiger partial charge < -0.3 is 24.8 Å². The Kier molecular flexibility index (Phi) is 13.8. The maximum Gasteiger partial charge on any atom is 0.325 e. The number of esters is 1. The average Bonchev–Trinajstić information content (AvgIpc) is 3.45. The number of aromatic nitrogens is 2. The number of methoxy groups -OCH3 is 3. The maximum atomic E-state index is 13.7. The first-order valence-electron chi connectivity index (χ1n) is 15.8. The van der Waals surface area contributed by atoms with Crippen LogP contribution in [0.3, 0.4) is 0 Å². The fourth-order valence-electron chi connectivity index (χ4n) is 5.92. The van der Waals surface area contributed by atoms with Gasteiger partial charge in [0.1, 0.15) is 18.0 Å². The highest BCUT2D eigenvalue weighted by atomic mass is 16.5. The van der Waals surface area contributed by atoms with Crippen LogP contribution in [-0.2, 0) is 20.9 Å². The molecule has 0 radical (unpaired) electrons. The highest BCUT2D eigenvalue weighted by Gasteiger charge is 2.25. The number of nitrogens with one attached hydrogen (secondary N) is 2. The SMILES string of the molecule is CCC(CC)Cn1nc(C(=O)N[C@@H](CCCC2CCCCC2)CC(=O)NCC(=O)OC)cc1-c1c(OC)cccc1OC. The second kappa shape index (κ2) is 17.5. The van der Waals surface area contributed by atoms with Crippen molar-refractivity contribution in [2.24, 2.45) is 11.8 Å². The molecule has 10 nitrogen and oxygen atoms in total. The topological polar surface area (TPSA) is 121 Å². The van der Waals surface area contributed by atoms with Gasteiger partial charge in [-0.3, -0.25) is 19.1 Å². The Morgan fingerprint density at radius 2 is 1.70 bits per heavy atom. The molecule has 0 spiro atoms. The Morgan fingerprint density at radius 1 is 1.02 bits per heavy atom. The van der Waals surface area contributed by atoms with E-state index < -0.39 is 12.0 Å². The molecule has 238 valence electrons. The summed E-state index contributed by atoms with van der Waals surface area (Å²) in [5.41, 5.74) is 1.73. The molecule has 0 aliphatic heterocycles. The Hall–Kier alpha value is -3.56. The first-order chi connectivity index (χ1) is 20.8. The standard InChI is InChI=1S/C33H50N4O6/c1-6-23(7-2)22-37-27(32-28(41-3)17-12-18-29(32)42-4)20-26(36-37)33(40)35-25(19-30(38)34-21-31(39)43-5)16-11-15-24-13-9-8-10-14-24/h12,17-18,20,23-25H,6-11,13-16,19,21-22H2,1-5H3,(H,34,38)(H,35,40)/t25-/m0/s1. The first-order valence-corrected chi connectivity index (χ1v) is 15.8. The molecule has 0 saturated heterocycles. The van der Waals surface area contributed by atoms with Crippen molar-refractivity contribution in [3.8, 4) is 22.8 Å². The summed E-state index contributed by atoms with van der Waals surface area (Å²) in [6.45, 7) is 4.73. The van der Waals surface area contributed by atoms with E-state index in [1.165, 1.54) is 39.2 Å². The summed E-state index contributed by atoms with van der Waals surface area (Å²) in [6, 6.07) is 6.96. The van der Waals surface area contributed by atoms with Crippen molar-refractivity contribution in [3.05, 3.63) is 30.0 Å². The van der Waals surface area contributed by atoms with Crippen LogP contribution < -0.4 is 20.1 Å². The lowest BCUT2D eigenvalue weighted by atomic mass is 9.85. The van der Waals surface area contributed by atoms with E-state index in [2.05, 4.69) is 29.2 Å². The molecular weight excluding hydrogens is 548 g/mol. The van der Waals surface area contributed by atoms with Crippen molar-refractivity contribution in [1.29, 1.82) is 0 Å². The van der Waals surface area contributed by atoms with E-state index in [0.29, 0.717) is 36.3 Å². The second-order valence-corrected chi connectivity index (χ2v) is 11.5. The monoisotopic (exact) mass is 598 g/mol. The molecule has 10 heteroatoms. The van der Waals surface area contributed by atoms with E-state index >= 15 is 0 Å². The number of carbonyl (C=O) groups is 3. The van der Waals surface area contributed by atoms with E-state index in [-0.39, 0.29) is 30.5 Å². The molecule has 2 aromatic rings. The van der Waals surface area contributed by atoms with Crippen LogP contribution in [0.4, 0.5) is 0 Å². The molecule has 1 aliphatic rings. The van der Waals surface area contributed by atoms with Crippen molar-refractivity contribution in [2.75, 3.05) is 27.9 Å². The van der Waals surface area contributed by atoms with Crippen molar-refractivity contribution in [3.63, 3.8) is 0 Å². The van der Waals surface area contributed by atoms with Gasteiger partial charge >= 0.3 is 5.97 Å². The van der Waals surface area contributed by atoms with E-state index in [1.54, 1.807) is 20.3 Å². The van der Waals surface area contributed by atoms with Crippen LogP contribution in [0.5, 0.6) is 11.5 Å². The second-order valence-electron chi connectivity index (χ2n) is 11.5. The molecule has 1 aromatic carbocycles. The van der Waals surface area contributed by atoms with Crippen LogP contribution >= 0.6 is 0 Å².